The molecule has 16 heavy (non-hydrogen) atoms. The molecule has 0 radical (unpaired) electrons. The molecule has 5 nitrogen and oxygen atoms in total. The second kappa shape index (κ2) is 4.76. The van der Waals surface area contributed by atoms with Crippen LogP contribution in [-0.2, 0) is 6.54 Å². The van der Waals surface area contributed by atoms with Crippen molar-refractivity contribution in [2.45, 2.75) is 6.54 Å². The van der Waals surface area contributed by atoms with E-state index in [1.165, 1.54) is 12.4 Å². The quantitative estimate of drug-likeness (QED) is 0.846. The number of amides is 1. The van der Waals surface area contributed by atoms with Crippen LogP contribution in [0.15, 0.2) is 31.0 Å². The summed E-state index contributed by atoms with van der Waals surface area (Å²) >= 11 is 5.84. The number of imidazole rings is 1. The SMILES string of the molecule is O=C(NCc1cnc[nH]1)c1ccncc1Cl. The van der Waals surface area contributed by atoms with E-state index < -0.39 is 0 Å². The number of aromatic nitrogens is 3. The fraction of sp³-hybridized carbons (Fsp3) is 0.100. The number of nitrogens with zero attached hydrogens (tertiary/aromatic N) is 2. The van der Waals surface area contributed by atoms with Crippen LogP contribution in [0.2, 0.25) is 5.02 Å². The lowest BCUT2D eigenvalue weighted by Gasteiger charge is -2.04. The van der Waals surface area contributed by atoms with Gasteiger partial charge < -0.3 is 10.3 Å². The van der Waals surface area contributed by atoms with Gasteiger partial charge in [0.2, 0.25) is 0 Å². The normalized spacial score (nSPS) is 10.1. The maximum Gasteiger partial charge on any atom is 0.253 e. The summed E-state index contributed by atoms with van der Waals surface area (Å²) < 4.78 is 0. The summed E-state index contributed by atoms with van der Waals surface area (Å²) in [6.45, 7) is 0.386. The molecule has 1 amide bonds. The Bertz CT molecular complexity index is 483. The van der Waals surface area contributed by atoms with Gasteiger partial charge in [-0.05, 0) is 6.07 Å². The minimum atomic E-state index is -0.234. The lowest BCUT2D eigenvalue weighted by Crippen LogP contribution is -2.23. The van der Waals surface area contributed by atoms with E-state index in [-0.39, 0.29) is 5.91 Å². The zero-order valence-electron chi connectivity index (χ0n) is 8.27. The van der Waals surface area contributed by atoms with Crippen LogP contribution in [-0.4, -0.2) is 20.9 Å². The van der Waals surface area contributed by atoms with Gasteiger partial charge in [-0.15, -0.1) is 0 Å². The van der Waals surface area contributed by atoms with Crippen molar-refractivity contribution in [2.24, 2.45) is 0 Å². The Morgan fingerprint density at radius 1 is 1.44 bits per heavy atom. The van der Waals surface area contributed by atoms with E-state index in [1.807, 2.05) is 0 Å². The van der Waals surface area contributed by atoms with Crippen LogP contribution in [0.1, 0.15) is 16.1 Å². The minimum absolute atomic E-state index is 0.234. The molecule has 0 fully saturated rings. The zero-order chi connectivity index (χ0) is 11.4. The highest BCUT2D eigenvalue weighted by molar-refractivity contribution is 6.33. The van der Waals surface area contributed by atoms with Crippen LogP contribution < -0.4 is 5.32 Å². The molecule has 0 saturated carbocycles. The first-order chi connectivity index (χ1) is 7.77. The molecule has 82 valence electrons. The number of rotatable bonds is 3. The Hall–Kier alpha value is -1.88. The molecule has 0 aromatic carbocycles. The molecular weight excluding hydrogens is 228 g/mol. The van der Waals surface area contributed by atoms with E-state index >= 15 is 0 Å². The van der Waals surface area contributed by atoms with Crippen molar-refractivity contribution in [1.82, 2.24) is 20.3 Å². The van der Waals surface area contributed by atoms with Crippen LogP contribution in [0.5, 0.6) is 0 Å². The summed E-state index contributed by atoms with van der Waals surface area (Å²) in [6.07, 6.45) is 6.17. The predicted octanol–water partition coefficient (Wildman–Crippen LogP) is 1.39. The maximum absolute atomic E-state index is 11.7. The first-order valence-corrected chi connectivity index (χ1v) is 5.00. The van der Waals surface area contributed by atoms with Gasteiger partial charge in [0.1, 0.15) is 0 Å². The molecule has 0 aliphatic carbocycles. The zero-order valence-corrected chi connectivity index (χ0v) is 9.03. The molecule has 2 aromatic rings. The van der Waals surface area contributed by atoms with E-state index in [0.717, 1.165) is 5.69 Å². The van der Waals surface area contributed by atoms with Crippen molar-refractivity contribution >= 4 is 17.5 Å². The van der Waals surface area contributed by atoms with Crippen molar-refractivity contribution in [1.29, 1.82) is 0 Å². The Morgan fingerprint density at radius 3 is 3.00 bits per heavy atom. The molecule has 0 spiro atoms. The van der Waals surface area contributed by atoms with Gasteiger partial charge in [-0.2, -0.15) is 0 Å². The van der Waals surface area contributed by atoms with Gasteiger partial charge >= 0.3 is 0 Å². The third kappa shape index (κ3) is 2.38. The van der Waals surface area contributed by atoms with Crippen LogP contribution >= 0.6 is 11.6 Å². The van der Waals surface area contributed by atoms with Crippen molar-refractivity contribution in [2.75, 3.05) is 0 Å². The highest BCUT2D eigenvalue weighted by Crippen LogP contribution is 2.12. The number of carbonyl (C=O) groups is 1. The molecule has 0 bridgehead atoms. The van der Waals surface area contributed by atoms with E-state index in [1.54, 1.807) is 18.6 Å². The smallest absolute Gasteiger partial charge is 0.253 e. The number of hydrogen-bond acceptors (Lipinski definition) is 3. The fourth-order valence-electron chi connectivity index (χ4n) is 1.21. The van der Waals surface area contributed by atoms with Crippen LogP contribution in [0.4, 0.5) is 0 Å². The first kappa shape index (κ1) is 10.6. The lowest BCUT2D eigenvalue weighted by atomic mass is 10.2. The highest BCUT2D eigenvalue weighted by atomic mass is 35.5. The summed E-state index contributed by atoms with van der Waals surface area (Å²) in [4.78, 5) is 22.2. The molecule has 0 unspecified atom stereocenters. The number of halogens is 1. The van der Waals surface area contributed by atoms with Gasteiger partial charge in [-0.25, -0.2) is 4.98 Å². The Kier molecular flexibility index (Phi) is 3.16. The van der Waals surface area contributed by atoms with Gasteiger partial charge in [0, 0.05) is 18.6 Å². The lowest BCUT2D eigenvalue weighted by molar-refractivity contribution is 0.0950. The Morgan fingerprint density at radius 2 is 2.31 bits per heavy atom. The van der Waals surface area contributed by atoms with Crippen molar-refractivity contribution < 1.29 is 4.79 Å². The van der Waals surface area contributed by atoms with Crippen LogP contribution in [0.3, 0.4) is 0 Å². The van der Waals surface area contributed by atoms with E-state index in [2.05, 4.69) is 20.3 Å². The minimum Gasteiger partial charge on any atom is -0.347 e. The molecule has 0 atom stereocenters. The van der Waals surface area contributed by atoms with Gasteiger partial charge in [-0.3, -0.25) is 9.78 Å². The third-order valence-electron chi connectivity index (χ3n) is 2.01. The summed E-state index contributed by atoms with van der Waals surface area (Å²) in [5.74, 6) is -0.234. The summed E-state index contributed by atoms with van der Waals surface area (Å²) in [6, 6.07) is 1.57. The van der Waals surface area contributed by atoms with Gasteiger partial charge in [0.15, 0.2) is 0 Å². The summed E-state index contributed by atoms with van der Waals surface area (Å²) in [5.41, 5.74) is 1.25. The number of H-pyrrole nitrogens is 1. The standard InChI is InChI=1S/C10H9ClN4O/c11-9-5-12-2-1-8(9)10(16)14-4-7-3-13-6-15-7/h1-3,5-6H,4H2,(H,13,15)(H,14,16). The molecule has 2 N–H and O–H groups in total. The predicted molar refractivity (Wildman–Crippen MR) is 59.0 cm³/mol. The average Bonchev–Trinajstić information content (AvgIpc) is 2.79. The van der Waals surface area contributed by atoms with Crippen LogP contribution in [0.25, 0.3) is 0 Å². The maximum atomic E-state index is 11.7. The van der Waals surface area contributed by atoms with E-state index in [9.17, 15) is 4.79 Å². The topological polar surface area (TPSA) is 70.7 Å². The van der Waals surface area contributed by atoms with Crippen LogP contribution in [0, 0.1) is 0 Å². The van der Waals surface area contributed by atoms with Gasteiger partial charge in [0.25, 0.3) is 5.91 Å². The second-order valence-corrected chi connectivity index (χ2v) is 3.52. The van der Waals surface area contributed by atoms with Crippen molar-refractivity contribution in [3.63, 3.8) is 0 Å². The van der Waals surface area contributed by atoms with E-state index in [4.69, 9.17) is 11.6 Å². The summed E-state index contributed by atoms with van der Waals surface area (Å²) in [7, 11) is 0. The number of hydrogen-bond donors (Lipinski definition) is 2. The Labute approximate surface area is 96.9 Å². The number of nitrogens with one attached hydrogen (secondary N) is 2. The van der Waals surface area contributed by atoms with Crippen molar-refractivity contribution in [3.8, 4) is 0 Å². The largest absolute Gasteiger partial charge is 0.347 e. The van der Waals surface area contributed by atoms with Crippen molar-refractivity contribution in [3.05, 3.63) is 47.3 Å². The third-order valence-corrected chi connectivity index (χ3v) is 2.31. The monoisotopic (exact) mass is 236 g/mol. The highest BCUT2D eigenvalue weighted by Gasteiger charge is 2.09. The number of pyridine rings is 1. The average molecular weight is 237 g/mol. The molecule has 0 aliphatic heterocycles. The molecule has 0 aliphatic rings. The second-order valence-electron chi connectivity index (χ2n) is 3.12. The molecule has 2 rings (SSSR count). The fourth-order valence-corrected chi connectivity index (χ4v) is 1.42. The molecule has 2 aromatic heterocycles. The van der Waals surface area contributed by atoms with Gasteiger partial charge in [-0.1, -0.05) is 11.6 Å². The number of aromatic amines is 1. The van der Waals surface area contributed by atoms with Gasteiger partial charge in [0.05, 0.1) is 29.2 Å². The first-order valence-electron chi connectivity index (χ1n) is 4.62. The Balaban J connectivity index is 2.01. The molecule has 0 saturated heterocycles. The molecule has 2 heterocycles. The number of carbonyl (C=O) groups excluding carboxylic acids is 1. The van der Waals surface area contributed by atoms with E-state index in [0.29, 0.717) is 17.1 Å². The molecular formula is C10H9ClN4O. The summed E-state index contributed by atoms with van der Waals surface area (Å²) in [5, 5.41) is 3.06. The molecule has 6 heteroatoms.